The molecule has 0 aliphatic rings. The van der Waals surface area contributed by atoms with E-state index in [1.165, 1.54) is 4.90 Å². The molecule has 39 heavy (non-hydrogen) atoms. The number of rotatable bonds is 13. The van der Waals surface area contributed by atoms with Crippen LogP contribution in [0.1, 0.15) is 43.0 Å². The van der Waals surface area contributed by atoms with Crippen LogP contribution >= 0.6 is 11.6 Å². The average molecular weight is 570 g/mol. The Labute approximate surface area is 236 Å². The lowest BCUT2D eigenvalue weighted by molar-refractivity contribution is -0.141. The van der Waals surface area contributed by atoms with E-state index in [1.807, 2.05) is 48.5 Å². The van der Waals surface area contributed by atoms with Crippen LogP contribution < -0.4 is 5.32 Å². The number of sulfonamides is 1. The maximum Gasteiger partial charge on any atom is 0.247 e. The Kier molecular flexibility index (Phi) is 11.1. The zero-order chi connectivity index (χ0) is 28.4. The molecule has 208 valence electrons. The predicted octanol–water partition coefficient (Wildman–Crippen LogP) is 5.03. The minimum absolute atomic E-state index is 0.0385. The Morgan fingerprint density at radius 3 is 1.97 bits per heavy atom. The summed E-state index contributed by atoms with van der Waals surface area (Å²) in [6.45, 7) is 4.33. The number of carbonyl (C=O) groups is 2. The van der Waals surface area contributed by atoms with Gasteiger partial charge >= 0.3 is 0 Å². The standard InChI is InChI=1S/C30H36ClN3O4S/c1-23(2)18-19-32-30(36)29(26-12-8-5-9-13-26)34(21-25-14-16-27(31)17-15-25)28(35)22-33(39(3,37)38)20-24-10-6-4-7-11-24/h4-17,23,29H,18-22H2,1-3H3,(H,32,36). The molecule has 0 fully saturated rings. The van der Waals surface area contributed by atoms with Crippen molar-refractivity contribution in [1.29, 1.82) is 0 Å². The van der Waals surface area contributed by atoms with Crippen LogP contribution in [0.25, 0.3) is 0 Å². The second kappa shape index (κ2) is 14.3. The number of amides is 2. The Hall–Kier alpha value is -3.20. The second-order valence-corrected chi connectivity index (χ2v) is 12.4. The molecule has 1 N–H and O–H groups in total. The van der Waals surface area contributed by atoms with Crippen LogP contribution in [0.5, 0.6) is 0 Å². The molecule has 3 rings (SSSR count). The number of nitrogens with one attached hydrogen (secondary N) is 1. The Balaban J connectivity index is 1.99. The summed E-state index contributed by atoms with van der Waals surface area (Å²) in [4.78, 5) is 29.1. The topological polar surface area (TPSA) is 86.8 Å². The van der Waals surface area contributed by atoms with E-state index in [2.05, 4.69) is 19.2 Å². The molecule has 0 saturated carbocycles. The molecule has 0 aliphatic carbocycles. The Morgan fingerprint density at radius 2 is 1.41 bits per heavy atom. The lowest BCUT2D eigenvalue weighted by Gasteiger charge is -2.33. The molecule has 3 aromatic carbocycles. The number of benzene rings is 3. The van der Waals surface area contributed by atoms with Crippen molar-refractivity contribution in [2.24, 2.45) is 5.92 Å². The molecule has 1 unspecified atom stereocenters. The SMILES string of the molecule is CC(C)CCNC(=O)C(c1ccccc1)N(Cc1ccc(Cl)cc1)C(=O)CN(Cc1ccccc1)S(C)(=O)=O. The van der Waals surface area contributed by atoms with Crippen molar-refractivity contribution in [2.75, 3.05) is 19.3 Å². The predicted molar refractivity (Wildman–Crippen MR) is 155 cm³/mol. The lowest BCUT2D eigenvalue weighted by Crippen LogP contribution is -2.48. The van der Waals surface area contributed by atoms with Gasteiger partial charge in [0.15, 0.2) is 0 Å². The van der Waals surface area contributed by atoms with Gasteiger partial charge in [0, 0.05) is 24.7 Å². The van der Waals surface area contributed by atoms with Gasteiger partial charge in [-0.2, -0.15) is 4.31 Å². The number of hydrogen-bond donors (Lipinski definition) is 1. The maximum absolute atomic E-state index is 14.0. The summed E-state index contributed by atoms with van der Waals surface area (Å²) in [5, 5.41) is 3.53. The lowest BCUT2D eigenvalue weighted by atomic mass is 10.0. The fraction of sp³-hybridized carbons (Fsp3) is 0.333. The summed E-state index contributed by atoms with van der Waals surface area (Å²) >= 11 is 6.08. The van der Waals surface area contributed by atoms with Crippen LogP contribution in [0.15, 0.2) is 84.9 Å². The van der Waals surface area contributed by atoms with E-state index in [4.69, 9.17) is 11.6 Å². The van der Waals surface area contributed by atoms with Crippen molar-refractivity contribution < 1.29 is 18.0 Å². The molecule has 0 aromatic heterocycles. The van der Waals surface area contributed by atoms with Crippen LogP contribution in [-0.2, 0) is 32.7 Å². The minimum Gasteiger partial charge on any atom is -0.354 e. The van der Waals surface area contributed by atoms with Crippen LogP contribution in [0.4, 0.5) is 0 Å². The Bertz CT molecular complexity index is 1320. The Morgan fingerprint density at radius 1 is 0.846 bits per heavy atom. The maximum atomic E-state index is 14.0. The van der Waals surface area contributed by atoms with Gasteiger partial charge < -0.3 is 10.2 Å². The van der Waals surface area contributed by atoms with Crippen LogP contribution in [0.3, 0.4) is 0 Å². The largest absolute Gasteiger partial charge is 0.354 e. The third-order valence-corrected chi connectivity index (χ3v) is 7.71. The molecule has 0 heterocycles. The first kappa shape index (κ1) is 30.3. The fourth-order valence-electron chi connectivity index (χ4n) is 4.12. The highest BCUT2D eigenvalue weighted by molar-refractivity contribution is 7.88. The van der Waals surface area contributed by atoms with Gasteiger partial charge in [0.1, 0.15) is 6.04 Å². The van der Waals surface area contributed by atoms with Crippen molar-refractivity contribution in [1.82, 2.24) is 14.5 Å². The first-order valence-corrected chi connectivity index (χ1v) is 15.1. The van der Waals surface area contributed by atoms with Gasteiger partial charge in [-0.15, -0.1) is 0 Å². The molecule has 7 nitrogen and oxygen atoms in total. The highest BCUT2D eigenvalue weighted by Gasteiger charge is 2.33. The van der Waals surface area contributed by atoms with Gasteiger partial charge in [0.25, 0.3) is 0 Å². The van der Waals surface area contributed by atoms with Crippen molar-refractivity contribution in [3.8, 4) is 0 Å². The third kappa shape index (κ3) is 9.49. The second-order valence-electron chi connectivity index (χ2n) is 9.95. The van der Waals surface area contributed by atoms with Crippen molar-refractivity contribution in [3.05, 3.63) is 107 Å². The van der Waals surface area contributed by atoms with E-state index >= 15 is 0 Å². The summed E-state index contributed by atoms with van der Waals surface area (Å²) in [5.74, 6) is -0.411. The molecule has 0 spiro atoms. The molecular weight excluding hydrogens is 534 g/mol. The minimum atomic E-state index is -3.74. The summed E-state index contributed by atoms with van der Waals surface area (Å²) < 4.78 is 26.6. The zero-order valence-corrected chi connectivity index (χ0v) is 24.2. The van der Waals surface area contributed by atoms with Crippen LogP contribution in [0.2, 0.25) is 5.02 Å². The fourth-order valence-corrected chi connectivity index (χ4v) is 4.97. The van der Waals surface area contributed by atoms with E-state index in [0.29, 0.717) is 23.0 Å². The van der Waals surface area contributed by atoms with Crippen molar-refractivity contribution in [3.63, 3.8) is 0 Å². The van der Waals surface area contributed by atoms with Gasteiger partial charge in [0.2, 0.25) is 21.8 Å². The first-order chi connectivity index (χ1) is 18.5. The summed E-state index contributed by atoms with van der Waals surface area (Å²) in [6.07, 6.45) is 1.87. The summed E-state index contributed by atoms with van der Waals surface area (Å²) in [5.41, 5.74) is 2.15. The highest BCUT2D eigenvalue weighted by Crippen LogP contribution is 2.25. The van der Waals surface area contributed by atoms with E-state index < -0.39 is 28.5 Å². The van der Waals surface area contributed by atoms with E-state index in [9.17, 15) is 18.0 Å². The average Bonchev–Trinajstić information content (AvgIpc) is 2.89. The highest BCUT2D eigenvalue weighted by atomic mass is 35.5. The smallest absolute Gasteiger partial charge is 0.247 e. The number of nitrogens with zero attached hydrogens (tertiary/aromatic N) is 2. The monoisotopic (exact) mass is 569 g/mol. The molecule has 3 aromatic rings. The molecule has 0 bridgehead atoms. The number of hydrogen-bond acceptors (Lipinski definition) is 4. The first-order valence-electron chi connectivity index (χ1n) is 12.9. The molecule has 2 amide bonds. The number of carbonyl (C=O) groups excluding carboxylic acids is 2. The molecule has 9 heteroatoms. The van der Waals surface area contributed by atoms with E-state index in [-0.39, 0.29) is 19.0 Å². The quantitative estimate of drug-likeness (QED) is 0.313. The molecule has 0 aliphatic heterocycles. The van der Waals surface area contributed by atoms with Crippen molar-refractivity contribution in [2.45, 2.75) is 39.4 Å². The van der Waals surface area contributed by atoms with Gasteiger partial charge in [-0.3, -0.25) is 9.59 Å². The summed E-state index contributed by atoms with van der Waals surface area (Å²) in [7, 11) is -3.74. The van der Waals surface area contributed by atoms with Gasteiger partial charge in [-0.05, 0) is 41.2 Å². The number of halogens is 1. The molecule has 1 atom stereocenters. The zero-order valence-electron chi connectivity index (χ0n) is 22.6. The van der Waals surface area contributed by atoms with Gasteiger partial charge in [-0.1, -0.05) is 98.2 Å². The third-order valence-electron chi connectivity index (χ3n) is 6.27. The molecule has 0 saturated heterocycles. The van der Waals surface area contributed by atoms with E-state index in [0.717, 1.165) is 28.1 Å². The van der Waals surface area contributed by atoms with Gasteiger partial charge in [-0.25, -0.2) is 8.42 Å². The van der Waals surface area contributed by atoms with Crippen molar-refractivity contribution >= 4 is 33.4 Å². The van der Waals surface area contributed by atoms with E-state index in [1.54, 1.807) is 36.4 Å². The van der Waals surface area contributed by atoms with Crippen LogP contribution in [0, 0.1) is 5.92 Å². The van der Waals surface area contributed by atoms with Gasteiger partial charge in [0.05, 0.1) is 12.8 Å². The molecular formula is C30H36ClN3O4S. The molecule has 0 radical (unpaired) electrons. The summed E-state index contributed by atoms with van der Waals surface area (Å²) in [6, 6.07) is 24.2. The van der Waals surface area contributed by atoms with Crippen LogP contribution in [-0.4, -0.2) is 48.8 Å². The normalized spacial score (nSPS) is 12.4.